The summed E-state index contributed by atoms with van der Waals surface area (Å²) in [6.45, 7) is 0. The number of hydrogen-bond donors (Lipinski definition) is 2. The molecule has 72 valence electrons. The average Bonchev–Trinajstić information content (AvgIpc) is 1.94. The number of nitrogens with zero attached hydrogens (tertiary/aromatic N) is 1. The lowest BCUT2D eigenvalue weighted by atomic mass is 10.3. The molecule has 0 fully saturated rings. The van der Waals surface area contributed by atoms with Gasteiger partial charge in [0.1, 0.15) is 0 Å². The van der Waals surface area contributed by atoms with Gasteiger partial charge in [0, 0.05) is 16.2 Å². The number of hydrogen-bond acceptors (Lipinski definition) is 2. The van der Waals surface area contributed by atoms with Crippen molar-refractivity contribution >= 4 is 23.5 Å². The molecule has 1 aromatic heterocycles. The maximum atomic E-state index is 12.8. The maximum absolute atomic E-state index is 12.8. The summed E-state index contributed by atoms with van der Waals surface area (Å²) in [5.41, 5.74) is -0.0947. The number of rotatable bonds is 2. The topological polar surface area (TPSA) is 70.4 Å². The van der Waals surface area contributed by atoms with E-state index in [-0.39, 0.29) is 5.56 Å². The first-order chi connectivity index (χ1) is 5.88. The fourth-order valence-electron chi connectivity index (χ4n) is 0.797. The molecule has 0 saturated carbocycles. The molecule has 7 heteroatoms. The summed E-state index contributed by atoms with van der Waals surface area (Å²) in [6.07, 6.45) is 0.587. The van der Waals surface area contributed by atoms with Crippen LogP contribution in [0.4, 0.5) is 4.39 Å². The first-order valence-corrected chi connectivity index (χ1v) is 5.82. The Labute approximate surface area is 82.1 Å². The second-order valence-electron chi connectivity index (χ2n) is 2.43. The van der Waals surface area contributed by atoms with Crippen molar-refractivity contribution in [3.8, 4) is 0 Å². The van der Waals surface area contributed by atoms with Crippen LogP contribution in [0.25, 0.3) is 0 Å². The van der Waals surface area contributed by atoms with Gasteiger partial charge in [-0.25, -0.2) is 4.98 Å². The monoisotopic (exact) mass is 269 g/mol. The van der Waals surface area contributed by atoms with E-state index in [9.17, 15) is 8.96 Å². The third-order valence-electron chi connectivity index (χ3n) is 1.25. The molecule has 0 spiro atoms. The normalized spacial score (nSPS) is 11.7. The zero-order valence-electron chi connectivity index (χ0n) is 6.31. The van der Waals surface area contributed by atoms with Gasteiger partial charge >= 0.3 is 7.60 Å². The molecular formula is C6H6BrFNO3P. The smallest absolute Gasteiger partial charge is 0.324 e. The molecule has 0 amide bonds. The third-order valence-corrected chi connectivity index (χ3v) is 2.44. The largest absolute Gasteiger partial charge is 0.330 e. The summed E-state index contributed by atoms with van der Waals surface area (Å²) < 4.78 is 23.9. The van der Waals surface area contributed by atoms with Crippen molar-refractivity contribution in [2.45, 2.75) is 6.16 Å². The van der Waals surface area contributed by atoms with Gasteiger partial charge in [0.2, 0.25) is 5.95 Å². The zero-order chi connectivity index (χ0) is 10.1. The van der Waals surface area contributed by atoms with E-state index >= 15 is 0 Å². The number of pyridine rings is 1. The Morgan fingerprint density at radius 1 is 1.62 bits per heavy atom. The van der Waals surface area contributed by atoms with Gasteiger partial charge in [-0.3, -0.25) is 4.57 Å². The van der Waals surface area contributed by atoms with Gasteiger partial charge in [0.25, 0.3) is 0 Å². The summed E-state index contributed by atoms with van der Waals surface area (Å²) in [5.74, 6) is -0.855. The Balaban J connectivity index is 3.01. The second-order valence-corrected chi connectivity index (χ2v) is 4.99. The van der Waals surface area contributed by atoms with Crippen LogP contribution in [-0.2, 0) is 10.7 Å². The lowest BCUT2D eigenvalue weighted by Gasteiger charge is -2.04. The molecule has 0 aliphatic rings. The molecule has 0 saturated heterocycles. The van der Waals surface area contributed by atoms with E-state index in [0.717, 1.165) is 0 Å². The summed E-state index contributed by atoms with van der Waals surface area (Å²) in [4.78, 5) is 20.5. The Morgan fingerprint density at radius 3 is 2.77 bits per heavy atom. The molecule has 0 unspecified atom stereocenters. The van der Waals surface area contributed by atoms with Gasteiger partial charge in [-0.05, 0) is 22.0 Å². The van der Waals surface area contributed by atoms with Crippen LogP contribution in [0.15, 0.2) is 16.7 Å². The first kappa shape index (κ1) is 10.8. The van der Waals surface area contributed by atoms with Crippen molar-refractivity contribution in [1.82, 2.24) is 4.98 Å². The van der Waals surface area contributed by atoms with Gasteiger partial charge in [0.15, 0.2) is 0 Å². The van der Waals surface area contributed by atoms with Gasteiger partial charge in [-0.15, -0.1) is 0 Å². The van der Waals surface area contributed by atoms with Crippen LogP contribution in [0.3, 0.4) is 0 Å². The average molecular weight is 270 g/mol. The predicted molar refractivity (Wildman–Crippen MR) is 47.6 cm³/mol. The third kappa shape index (κ3) is 3.52. The molecule has 13 heavy (non-hydrogen) atoms. The molecule has 2 N–H and O–H groups in total. The number of halogens is 2. The quantitative estimate of drug-likeness (QED) is 0.633. The summed E-state index contributed by atoms with van der Waals surface area (Å²) in [5, 5.41) is 0. The van der Waals surface area contributed by atoms with Crippen LogP contribution in [0.1, 0.15) is 5.56 Å². The van der Waals surface area contributed by atoms with Crippen LogP contribution in [-0.4, -0.2) is 14.8 Å². The molecular weight excluding hydrogens is 264 g/mol. The lowest BCUT2D eigenvalue weighted by Crippen LogP contribution is -1.94. The van der Waals surface area contributed by atoms with Crippen molar-refractivity contribution in [3.05, 3.63) is 28.2 Å². The SMILES string of the molecule is O=P(O)(O)Cc1cc(Br)cnc1F. The summed E-state index contributed by atoms with van der Waals surface area (Å²) in [7, 11) is -4.24. The van der Waals surface area contributed by atoms with E-state index < -0.39 is 19.7 Å². The van der Waals surface area contributed by atoms with E-state index in [1.54, 1.807) is 0 Å². The molecule has 0 bridgehead atoms. The highest BCUT2D eigenvalue weighted by atomic mass is 79.9. The Morgan fingerprint density at radius 2 is 2.23 bits per heavy atom. The molecule has 1 aromatic rings. The van der Waals surface area contributed by atoms with E-state index in [4.69, 9.17) is 9.79 Å². The fraction of sp³-hybridized carbons (Fsp3) is 0.167. The van der Waals surface area contributed by atoms with E-state index in [1.165, 1.54) is 12.3 Å². The number of aromatic nitrogens is 1. The zero-order valence-corrected chi connectivity index (χ0v) is 8.80. The van der Waals surface area contributed by atoms with Crippen molar-refractivity contribution in [1.29, 1.82) is 0 Å². The van der Waals surface area contributed by atoms with Gasteiger partial charge < -0.3 is 9.79 Å². The Kier molecular flexibility index (Phi) is 3.18. The van der Waals surface area contributed by atoms with Crippen LogP contribution in [0.2, 0.25) is 0 Å². The highest BCUT2D eigenvalue weighted by molar-refractivity contribution is 9.10. The molecule has 1 rings (SSSR count). The predicted octanol–water partition coefficient (Wildman–Crippen LogP) is 1.66. The molecule has 1 heterocycles. The first-order valence-electron chi connectivity index (χ1n) is 3.23. The van der Waals surface area contributed by atoms with Crippen LogP contribution >= 0.6 is 23.5 Å². The molecule has 0 aliphatic heterocycles. The summed E-state index contributed by atoms with van der Waals surface area (Å²) >= 11 is 3.02. The minimum atomic E-state index is -4.24. The van der Waals surface area contributed by atoms with E-state index in [0.29, 0.717) is 4.47 Å². The van der Waals surface area contributed by atoms with E-state index in [2.05, 4.69) is 20.9 Å². The van der Waals surface area contributed by atoms with Crippen molar-refractivity contribution in [3.63, 3.8) is 0 Å². The molecule has 0 aromatic carbocycles. The minimum Gasteiger partial charge on any atom is -0.324 e. The standard InChI is InChI=1S/C6H6BrFNO3P/c7-5-1-4(3-13(10,11)12)6(8)9-2-5/h1-2H,3H2,(H2,10,11,12). The van der Waals surface area contributed by atoms with Crippen molar-refractivity contribution in [2.24, 2.45) is 0 Å². The van der Waals surface area contributed by atoms with Gasteiger partial charge in [-0.1, -0.05) is 0 Å². The van der Waals surface area contributed by atoms with Gasteiger partial charge in [0.05, 0.1) is 6.16 Å². The lowest BCUT2D eigenvalue weighted by molar-refractivity contribution is 0.370. The minimum absolute atomic E-state index is 0.0947. The van der Waals surface area contributed by atoms with Crippen LogP contribution in [0, 0.1) is 5.95 Å². The molecule has 0 aliphatic carbocycles. The highest BCUT2D eigenvalue weighted by Gasteiger charge is 2.17. The van der Waals surface area contributed by atoms with Crippen molar-refractivity contribution < 1.29 is 18.7 Å². The molecule has 4 nitrogen and oxygen atoms in total. The highest BCUT2D eigenvalue weighted by Crippen LogP contribution is 2.39. The maximum Gasteiger partial charge on any atom is 0.330 e. The Hall–Kier alpha value is -0.290. The Bertz CT molecular complexity index is 367. The van der Waals surface area contributed by atoms with Crippen molar-refractivity contribution in [2.75, 3.05) is 0 Å². The molecule has 0 radical (unpaired) electrons. The van der Waals surface area contributed by atoms with Crippen LogP contribution in [0.5, 0.6) is 0 Å². The fourth-order valence-corrected chi connectivity index (χ4v) is 1.84. The molecule has 0 atom stereocenters. The van der Waals surface area contributed by atoms with Gasteiger partial charge in [-0.2, -0.15) is 4.39 Å². The van der Waals surface area contributed by atoms with E-state index in [1.807, 2.05) is 0 Å². The second kappa shape index (κ2) is 3.84. The van der Waals surface area contributed by atoms with Crippen LogP contribution < -0.4 is 0 Å². The summed E-state index contributed by atoms with van der Waals surface area (Å²) in [6, 6.07) is 1.29.